The molecule has 0 unspecified atom stereocenters. The van der Waals surface area contributed by atoms with Gasteiger partial charge in [0.2, 0.25) is 10.0 Å². The van der Waals surface area contributed by atoms with E-state index in [4.69, 9.17) is 0 Å². The van der Waals surface area contributed by atoms with Gasteiger partial charge in [-0.1, -0.05) is 12.1 Å². The van der Waals surface area contributed by atoms with Crippen molar-refractivity contribution in [1.29, 1.82) is 0 Å². The number of nitrogens with one attached hydrogen (secondary N) is 1. The van der Waals surface area contributed by atoms with E-state index in [0.717, 1.165) is 5.56 Å². The minimum absolute atomic E-state index is 0.0999. The molecule has 1 N–H and O–H groups in total. The van der Waals surface area contributed by atoms with E-state index in [0.29, 0.717) is 5.56 Å². The maximum absolute atomic E-state index is 12.3. The lowest BCUT2D eigenvalue weighted by Gasteiger charge is -2.14. The summed E-state index contributed by atoms with van der Waals surface area (Å²) in [6.45, 7) is 3.20. The van der Waals surface area contributed by atoms with Gasteiger partial charge in [0.1, 0.15) is 0 Å². The smallest absolute Gasteiger partial charge is 0.241 e. The van der Waals surface area contributed by atoms with E-state index in [9.17, 15) is 13.2 Å². The van der Waals surface area contributed by atoms with Crippen molar-refractivity contribution in [2.45, 2.75) is 24.8 Å². The molecular weight excluding hydrogens is 288 g/mol. The Morgan fingerprint density at radius 3 is 2.19 bits per heavy atom. The maximum Gasteiger partial charge on any atom is 0.241 e. The Morgan fingerprint density at radius 2 is 1.67 bits per heavy atom. The number of benzene rings is 1. The predicted octanol–water partition coefficient (Wildman–Crippen LogP) is 2.32. The van der Waals surface area contributed by atoms with Gasteiger partial charge in [-0.25, -0.2) is 13.1 Å². The molecule has 0 fully saturated rings. The first-order valence-corrected chi connectivity index (χ1v) is 7.92. The fourth-order valence-electron chi connectivity index (χ4n) is 1.89. The normalized spacial score (nSPS) is 12.9. The zero-order chi connectivity index (χ0) is 15.5. The van der Waals surface area contributed by atoms with E-state index in [2.05, 4.69) is 9.71 Å². The van der Waals surface area contributed by atoms with Crippen molar-refractivity contribution in [2.75, 3.05) is 0 Å². The first-order chi connectivity index (χ1) is 9.90. The van der Waals surface area contributed by atoms with Gasteiger partial charge < -0.3 is 0 Å². The molecule has 6 heteroatoms. The molecule has 0 radical (unpaired) electrons. The quantitative estimate of drug-likeness (QED) is 0.860. The molecule has 110 valence electrons. The van der Waals surface area contributed by atoms with Crippen molar-refractivity contribution in [2.24, 2.45) is 0 Å². The molecular formula is C15H16N2O3S. The Morgan fingerprint density at radius 1 is 1.10 bits per heavy atom. The fourth-order valence-corrected chi connectivity index (χ4v) is 3.12. The van der Waals surface area contributed by atoms with Crippen LogP contribution in [-0.4, -0.2) is 19.2 Å². The van der Waals surface area contributed by atoms with Crippen LogP contribution in [0.25, 0.3) is 0 Å². The van der Waals surface area contributed by atoms with Gasteiger partial charge in [0.05, 0.1) is 4.90 Å². The van der Waals surface area contributed by atoms with Gasteiger partial charge in [-0.05, 0) is 43.7 Å². The van der Waals surface area contributed by atoms with Crippen molar-refractivity contribution in [3.05, 3.63) is 59.9 Å². The highest BCUT2D eigenvalue weighted by molar-refractivity contribution is 7.89. The maximum atomic E-state index is 12.3. The highest BCUT2D eigenvalue weighted by Gasteiger charge is 2.18. The number of rotatable bonds is 5. The van der Waals surface area contributed by atoms with E-state index in [1.807, 2.05) is 0 Å². The van der Waals surface area contributed by atoms with Gasteiger partial charge in [-0.2, -0.15) is 0 Å². The molecule has 21 heavy (non-hydrogen) atoms. The topological polar surface area (TPSA) is 76.1 Å². The average molecular weight is 304 g/mol. The number of Topliss-reactive ketones (excluding diaryl/α,β-unsaturated/α-hetero) is 1. The Kier molecular flexibility index (Phi) is 4.50. The number of ketones is 1. The molecule has 0 saturated heterocycles. The van der Waals surface area contributed by atoms with E-state index < -0.39 is 10.0 Å². The highest BCUT2D eigenvalue weighted by atomic mass is 32.2. The summed E-state index contributed by atoms with van der Waals surface area (Å²) in [5.41, 5.74) is 1.31. The third-order valence-electron chi connectivity index (χ3n) is 3.11. The van der Waals surface area contributed by atoms with Crippen LogP contribution >= 0.6 is 0 Å². The highest BCUT2D eigenvalue weighted by Crippen LogP contribution is 2.17. The molecule has 0 aliphatic heterocycles. The summed E-state index contributed by atoms with van der Waals surface area (Å²) >= 11 is 0. The largest absolute Gasteiger partial charge is 0.295 e. The van der Waals surface area contributed by atoms with Crippen molar-refractivity contribution in [1.82, 2.24) is 9.71 Å². The Bertz CT molecular complexity index is 725. The van der Waals surface area contributed by atoms with Crippen LogP contribution in [0.3, 0.4) is 0 Å². The standard InChI is InChI=1S/C15H16N2O3S/c1-11(13-7-9-16-10-8-13)17-21(19,20)15-5-3-14(4-6-15)12(2)18/h3-11,17H,1-2H3/t11-/m0/s1. The third-order valence-corrected chi connectivity index (χ3v) is 4.67. The van der Waals surface area contributed by atoms with Crippen molar-refractivity contribution < 1.29 is 13.2 Å². The van der Waals surface area contributed by atoms with Crippen LogP contribution in [0.15, 0.2) is 53.7 Å². The minimum atomic E-state index is -3.63. The lowest BCUT2D eigenvalue weighted by atomic mass is 10.1. The molecule has 0 bridgehead atoms. The summed E-state index contributed by atoms with van der Waals surface area (Å²) in [6.07, 6.45) is 3.23. The number of nitrogens with zero attached hydrogens (tertiary/aromatic N) is 1. The summed E-state index contributed by atoms with van der Waals surface area (Å²) in [6, 6.07) is 9.02. The minimum Gasteiger partial charge on any atom is -0.295 e. The van der Waals surface area contributed by atoms with Crippen molar-refractivity contribution >= 4 is 15.8 Å². The number of carbonyl (C=O) groups is 1. The lowest BCUT2D eigenvalue weighted by molar-refractivity contribution is 0.101. The second-order valence-electron chi connectivity index (χ2n) is 4.70. The lowest BCUT2D eigenvalue weighted by Crippen LogP contribution is -2.26. The van der Waals surface area contributed by atoms with E-state index in [1.165, 1.54) is 31.2 Å². The van der Waals surface area contributed by atoms with Crippen LogP contribution in [0.1, 0.15) is 35.8 Å². The van der Waals surface area contributed by atoms with Gasteiger partial charge in [0.25, 0.3) is 0 Å². The fraction of sp³-hybridized carbons (Fsp3) is 0.200. The summed E-state index contributed by atoms with van der Waals surface area (Å²) < 4.78 is 27.2. The van der Waals surface area contributed by atoms with Crippen LogP contribution in [0.5, 0.6) is 0 Å². The van der Waals surface area contributed by atoms with E-state index >= 15 is 0 Å². The first-order valence-electron chi connectivity index (χ1n) is 6.43. The summed E-state index contributed by atoms with van der Waals surface area (Å²) in [7, 11) is -3.63. The molecule has 0 spiro atoms. The number of sulfonamides is 1. The molecule has 2 rings (SSSR count). The molecule has 1 heterocycles. The Balaban J connectivity index is 2.20. The van der Waals surface area contributed by atoms with Crippen LogP contribution < -0.4 is 4.72 Å². The summed E-state index contributed by atoms with van der Waals surface area (Å²) in [5.74, 6) is -0.0999. The summed E-state index contributed by atoms with van der Waals surface area (Å²) in [5, 5.41) is 0. The van der Waals surface area contributed by atoms with Crippen LogP contribution in [0, 0.1) is 0 Å². The van der Waals surface area contributed by atoms with Crippen LogP contribution in [-0.2, 0) is 10.0 Å². The van der Waals surface area contributed by atoms with Gasteiger partial charge in [0, 0.05) is 24.0 Å². The molecule has 1 aromatic carbocycles. The molecule has 2 aromatic rings. The SMILES string of the molecule is CC(=O)c1ccc(S(=O)(=O)N[C@@H](C)c2ccncc2)cc1. The number of pyridine rings is 1. The van der Waals surface area contributed by atoms with E-state index in [-0.39, 0.29) is 16.7 Å². The van der Waals surface area contributed by atoms with E-state index in [1.54, 1.807) is 31.5 Å². The number of hydrogen-bond donors (Lipinski definition) is 1. The predicted molar refractivity (Wildman–Crippen MR) is 79.4 cm³/mol. The summed E-state index contributed by atoms with van der Waals surface area (Å²) in [4.78, 5) is 15.2. The Labute approximate surface area is 124 Å². The van der Waals surface area contributed by atoms with Gasteiger partial charge in [-0.3, -0.25) is 9.78 Å². The van der Waals surface area contributed by atoms with Crippen molar-refractivity contribution in [3.8, 4) is 0 Å². The molecule has 0 saturated carbocycles. The Hall–Kier alpha value is -2.05. The van der Waals surface area contributed by atoms with Crippen molar-refractivity contribution in [3.63, 3.8) is 0 Å². The second-order valence-corrected chi connectivity index (χ2v) is 6.42. The molecule has 1 aromatic heterocycles. The van der Waals surface area contributed by atoms with Gasteiger partial charge in [-0.15, -0.1) is 0 Å². The molecule has 5 nitrogen and oxygen atoms in total. The average Bonchev–Trinajstić information content (AvgIpc) is 2.48. The first kappa shape index (κ1) is 15.3. The molecule has 1 atom stereocenters. The molecule has 0 amide bonds. The second kappa shape index (κ2) is 6.15. The number of hydrogen-bond acceptors (Lipinski definition) is 4. The van der Waals surface area contributed by atoms with Crippen LogP contribution in [0.4, 0.5) is 0 Å². The van der Waals surface area contributed by atoms with Gasteiger partial charge >= 0.3 is 0 Å². The van der Waals surface area contributed by atoms with Crippen LogP contribution in [0.2, 0.25) is 0 Å². The molecule has 0 aliphatic rings. The van der Waals surface area contributed by atoms with Gasteiger partial charge in [0.15, 0.2) is 5.78 Å². The monoisotopic (exact) mass is 304 g/mol. The zero-order valence-electron chi connectivity index (χ0n) is 11.8. The number of aromatic nitrogens is 1. The number of carbonyl (C=O) groups excluding carboxylic acids is 1. The third kappa shape index (κ3) is 3.74. The molecule has 0 aliphatic carbocycles. The zero-order valence-corrected chi connectivity index (χ0v) is 12.6.